The summed E-state index contributed by atoms with van der Waals surface area (Å²) < 4.78 is 18.7. The number of anilines is 1. The lowest BCUT2D eigenvalue weighted by Crippen LogP contribution is -2.22. The number of fused-ring (bicyclic) bond motifs is 5. The smallest absolute Gasteiger partial charge is 0.257 e. The molecular weight excluding hydrogens is 625 g/mol. The highest BCUT2D eigenvalue weighted by atomic mass is 32.1. The first kappa shape index (κ1) is 29.9. The number of nitrogens with zero attached hydrogens (tertiary/aromatic N) is 5. The Balaban J connectivity index is 1.19. The van der Waals surface area contributed by atoms with E-state index >= 15 is 0 Å². The van der Waals surface area contributed by atoms with E-state index in [4.69, 9.17) is 23.9 Å². The van der Waals surface area contributed by atoms with Crippen LogP contribution in [0, 0.1) is 12.8 Å². The number of hydrogen-bond acceptors (Lipinski definition) is 10. The van der Waals surface area contributed by atoms with Crippen LogP contribution in [0.25, 0.3) is 32.0 Å². The molecule has 0 unspecified atom stereocenters. The third-order valence-electron chi connectivity index (χ3n) is 10.7. The van der Waals surface area contributed by atoms with Crippen molar-refractivity contribution in [2.45, 2.75) is 70.1 Å². The summed E-state index contributed by atoms with van der Waals surface area (Å²) in [5, 5.41) is 13.6. The first-order valence-electron chi connectivity index (χ1n) is 17.1. The fourth-order valence-electron chi connectivity index (χ4n) is 8.29. The maximum absolute atomic E-state index is 14.2. The van der Waals surface area contributed by atoms with E-state index in [-0.39, 0.29) is 24.1 Å². The van der Waals surface area contributed by atoms with Crippen LogP contribution in [0.3, 0.4) is 0 Å². The summed E-state index contributed by atoms with van der Waals surface area (Å²) in [6, 6.07) is 12.8. The van der Waals surface area contributed by atoms with Crippen molar-refractivity contribution in [2.24, 2.45) is 5.92 Å². The normalized spacial score (nSPS) is 22.0. The molecule has 48 heavy (non-hydrogen) atoms. The first-order valence-corrected chi connectivity index (χ1v) is 17.9. The summed E-state index contributed by atoms with van der Waals surface area (Å²) >= 11 is 1.65. The monoisotopic (exact) mass is 662 g/mol. The Morgan fingerprint density at radius 2 is 1.92 bits per heavy atom. The molecule has 1 amide bonds. The van der Waals surface area contributed by atoms with Crippen molar-refractivity contribution in [2.75, 3.05) is 32.2 Å². The van der Waals surface area contributed by atoms with Gasteiger partial charge in [-0.3, -0.25) is 9.78 Å². The number of aryl methyl sites for hydroxylation is 2. The molecule has 2 fully saturated rings. The lowest BCUT2D eigenvalue weighted by molar-refractivity contribution is 0.0639. The highest BCUT2D eigenvalue weighted by Crippen LogP contribution is 2.51. The Hall–Kier alpha value is -4.19. The standard InChI is InChI=1S/C37H38N6O4S/c1-20-41-42-36(47-20)30-25(10-9-21-12-16-46-17-13-21)39-33-27-8-5-15-43(27)37(44)32(33)31(30)29-18-22-11-14-38-35(34(22)48-29)40-26-19-28(45-2)24-7-4-3-6-23(24)26/h3-4,6-7,11,14,18,21,26-28H,5,8-10,12-13,15-17,19H2,1-2H3,(H,38,40)/t26-,27+,28-/m0/s1. The van der Waals surface area contributed by atoms with Crippen molar-refractivity contribution in [1.82, 2.24) is 25.1 Å². The van der Waals surface area contributed by atoms with Gasteiger partial charge in [0, 0.05) is 56.9 Å². The second-order valence-corrected chi connectivity index (χ2v) is 14.5. The van der Waals surface area contributed by atoms with Crippen LogP contribution in [0.4, 0.5) is 5.82 Å². The van der Waals surface area contributed by atoms with E-state index < -0.39 is 0 Å². The minimum atomic E-state index is 0.0102. The lowest BCUT2D eigenvalue weighted by atomic mass is 9.90. The molecule has 246 valence electrons. The van der Waals surface area contributed by atoms with Gasteiger partial charge in [0.15, 0.2) is 0 Å². The molecule has 1 aliphatic carbocycles. The van der Waals surface area contributed by atoms with Crippen molar-refractivity contribution >= 4 is 33.1 Å². The largest absolute Gasteiger partial charge is 0.421 e. The van der Waals surface area contributed by atoms with Gasteiger partial charge < -0.3 is 24.1 Å². The van der Waals surface area contributed by atoms with Crippen molar-refractivity contribution in [3.05, 3.63) is 76.6 Å². The van der Waals surface area contributed by atoms with E-state index in [2.05, 4.69) is 45.8 Å². The number of carbonyl (C=O) groups is 1. The van der Waals surface area contributed by atoms with Crippen LogP contribution < -0.4 is 5.32 Å². The average Bonchev–Trinajstić information content (AvgIpc) is 3.95. The lowest BCUT2D eigenvalue weighted by Gasteiger charge is -2.22. The third-order valence-corrected chi connectivity index (χ3v) is 11.8. The molecule has 2 saturated heterocycles. The van der Waals surface area contributed by atoms with Gasteiger partial charge in [-0.1, -0.05) is 24.3 Å². The number of nitrogens with one attached hydrogen (secondary N) is 1. The van der Waals surface area contributed by atoms with Crippen molar-refractivity contribution in [3.63, 3.8) is 0 Å². The number of ether oxygens (including phenoxy) is 2. The summed E-state index contributed by atoms with van der Waals surface area (Å²) in [5.41, 5.74) is 6.62. The van der Waals surface area contributed by atoms with Gasteiger partial charge in [0.25, 0.3) is 5.91 Å². The molecule has 0 radical (unpaired) electrons. The van der Waals surface area contributed by atoms with Gasteiger partial charge in [-0.05, 0) is 73.1 Å². The van der Waals surface area contributed by atoms with E-state index in [9.17, 15) is 4.79 Å². The molecule has 11 heteroatoms. The van der Waals surface area contributed by atoms with Crippen molar-refractivity contribution in [1.29, 1.82) is 0 Å². The minimum Gasteiger partial charge on any atom is -0.421 e. The Morgan fingerprint density at radius 3 is 2.73 bits per heavy atom. The van der Waals surface area contributed by atoms with Gasteiger partial charge in [0.1, 0.15) is 5.82 Å². The molecule has 4 aromatic heterocycles. The number of hydrogen-bond donors (Lipinski definition) is 1. The molecule has 3 atom stereocenters. The number of aromatic nitrogens is 4. The quantitative estimate of drug-likeness (QED) is 0.179. The summed E-state index contributed by atoms with van der Waals surface area (Å²) in [6.45, 7) is 4.17. The molecular formula is C37H38N6O4S. The number of carbonyl (C=O) groups excluding carboxylic acids is 1. The van der Waals surface area contributed by atoms with Gasteiger partial charge in [0.2, 0.25) is 11.8 Å². The summed E-state index contributed by atoms with van der Waals surface area (Å²) in [5.74, 6) is 2.35. The molecule has 7 heterocycles. The second-order valence-electron chi connectivity index (χ2n) is 13.4. The summed E-state index contributed by atoms with van der Waals surface area (Å²) in [7, 11) is 1.77. The van der Waals surface area contributed by atoms with E-state index in [1.165, 1.54) is 11.1 Å². The minimum absolute atomic E-state index is 0.0102. The Kier molecular flexibility index (Phi) is 7.51. The topological polar surface area (TPSA) is 116 Å². The molecule has 10 nitrogen and oxygen atoms in total. The van der Waals surface area contributed by atoms with Crippen LogP contribution in [0.2, 0.25) is 0 Å². The van der Waals surface area contributed by atoms with Gasteiger partial charge in [-0.2, -0.15) is 0 Å². The number of benzene rings is 1. The maximum atomic E-state index is 14.2. The number of thiophene rings is 1. The van der Waals surface area contributed by atoms with E-state index in [0.717, 1.165) is 108 Å². The van der Waals surface area contributed by atoms with E-state index in [0.29, 0.717) is 23.3 Å². The highest BCUT2D eigenvalue weighted by molar-refractivity contribution is 7.23. The molecule has 1 aromatic carbocycles. The Morgan fingerprint density at radius 1 is 1.06 bits per heavy atom. The van der Waals surface area contributed by atoms with Crippen molar-refractivity contribution < 1.29 is 18.7 Å². The Bertz CT molecular complexity index is 2030. The predicted molar refractivity (Wildman–Crippen MR) is 183 cm³/mol. The number of rotatable bonds is 8. The van der Waals surface area contributed by atoms with E-state index in [1.54, 1.807) is 25.4 Å². The zero-order valence-electron chi connectivity index (χ0n) is 27.2. The van der Waals surface area contributed by atoms with Gasteiger partial charge in [-0.15, -0.1) is 21.5 Å². The molecule has 0 bridgehead atoms. The third kappa shape index (κ3) is 4.93. The highest BCUT2D eigenvalue weighted by Gasteiger charge is 2.45. The fraction of sp³-hybridized carbons (Fsp3) is 0.432. The van der Waals surface area contributed by atoms with Crippen LogP contribution >= 0.6 is 11.3 Å². The van der Waals surface area contributed by atoms with Crippen LogP contribution in [-0.4, -0.2) is 57.8 Å². The van der Waals surface area contributed by atoms with Crippen LogP contribution in [0.15, 0.2) is 47.0 Å². The van der Waals surface area contributed by atoms with Gasteiger partial charge in [0.05, 0.1) is 45.4 Å². The number of pyridine rings is 2. The number of amides is 1. The summed E-state index contributed by atoms with van der Waals surface area (Å²) in [6.07, 6.45) is 8.51. The van der Waals surface area contributed by atoms with E-state index in [1.807, 2.05) is 17.2 Å². The van der Waals surface area contributed by atoms with Crippen LogP contribution in [0.5, 0.6) is 0 Å². The van der Waals surface area contributed by atoms with Gasteiger partial charge >= 0.3 is 0 Å². The molecule has 4 aliphatic rings. The molecule has 0 spiro atoms. The summed E-state index contributed by atoms with van der Waals surface area (Å²) in [4.78, 5) is 27.4. The average molecular weight is 663 g/mol. The molecule has 9 rings (SSSR count). The van der Waals surface area contributed by atoms with Gasteiger partial charge in [-0.25, -0.2) is 4.98 Å². The predicted octanol–water partition coefficient (Wildman–Crippen LogP) is 7.61. The van der Waals surface area contributed by atoms with Crippen LogP contribution in [-0.2, 0) is 15.9 Å². The second kappa shape index (κ2) is 12.0. The molecule has 3 aliphatic heterocycles. The fourth-order valence-corrected chi connectivity index (χ4v) is 9.45. The molecule has 0 saturated carbocycles. The zero-order chi connectivity index (χ0) is 32.4. The molecule has 5 aromatic rings. The first-order chi connectivity index (χ1) is 23.6. The zero-order valence-corrected chi connectivity index (χ0v) is 28.0. The maximum Gasteiger partial charge on any atom is 0.257 e. The van der Waals surface area contributed by atoms with Crippen molar-refractivity contribution in [3.8, 4) is 21.9 Å². The SMILES string of the molecule is CO[C@H]1C[C@H](Nc2nccc3cc(-c4c5c(nc(CCC6CCOCC6)c4-c4nnc(C)o4)[C@H]4CCCN4C5=O)sc23)c2ccccc21. The molecule has 1 N–H and O–H groups in total. The Labute approximate surface area is 282 Å². The number of methoxy groups -OCH3 is 1. The van der Waals surface area contributed by atoms with Crippen LogP contribution in [0.1, 0.15) is 95.5 Å².